The number of fused-ring (bicyclic) bond motifs is 3. The number of aliphatic hydroxyl groups is 1. The second kappa shape index (κ2) is 12.7. The number of aryl methyl sites for hydroxylation is 1. The van der Waals surface area contributed by atoms with Gasteiger partial charge in [0.1, 0.15) is 17.6 Å². The van der Waals surface area contributed by atoms with Crippen LogP contribution in [0.1, 0.15) is 60.5 Å². The smallest absolute Gasteiger partial charge is 0.264 e. The van der Waals surface area contributed by atoms with E-state index >= 15 is 0 Å². The fourth-order valence-electron chi connectivity index (χ4n) is 6.09. The van der Waals surface area contributed by atoms with Gasteiger partial charge in [-0.25, -0.2) is 13.1 Å². The minimum absolute atomic E-state index is 0.0988. The Balaban J connectivity index is 1.54. The zero-order valence-corrected chi connectivity index (χ0v) is 25.2. The minimum Gasteiger partial charge on any atom is -0.487 e. The van der Waals surface area contributed by atoms with Gasteiger partial charge in [-0.1, -0.05) is 29.8 Å². The van der Waals surface area contributed by atoms with E-state index in [9.17, 15) is 18.3 Å². The zero-order valence-electron chi connectivity index (χ0n) is 23.6. The summed E-state index contributed by atoms with van der Waals surface area (Å²) < 4.78 is 40.4. The van der Waals surface area contributed by atoms with Crippen molar-refractivity contribution < 1.29 is 27.8 Å². The van der Waals surface area contributed by atoms with Crippen LogP contribution in [0.25, 0.3) is 0 Å². The van der Waals surface area contributed by atoms with Gasteiger partial charge in [0.25, 0.3) is 5.91 Å². The van der Waals surface area contributed by atoms with Crippen LogP contribution in [0.5, 0.6) is 5.75 Å². The summed E-state index contributed by atoms with van der Waals surface area (Å²) in [6, 6.07) is 10.9. The highest BCUT2D eigenvalue weighted by atomic mass is 35.5. The summed E-state index contributed by atoms with van der Waals surface area (Å²) in [5, 5.41) is 10.7. The number of ether oxygens (including phenoxy) is 2. The normalized spacial score (nSPS) is 29.4. The average Bonchev–Trinajstić information content (AvgIpc) is 2.95. The molecular formula is C31H39ClN2O6S. The van der Waals surface area contributed by atoms with Gasteiger partial charge in [-0.05, 0) is 98.7 Å². The molecule has 2 aromatic carbocycles. The topological polar surface area (TPSA) is 105 Å². The summed E-state index contributed by atoms with van der Waals surface area (Å²) in [6.45, 7) is 3.30. The molecule has 0 spiro atoms. The molecule has 1 amide bonds. The van der Waals surface area contributed by atoms with Gasteiger partial charge in [0.15, 0.2) is 0 Å². The van der Waals surface area contributed by atoms with Crippen molar-refractivity contribution in [3.63, 3.8) is 0 Å². The third-order valence-electron chi connectivity index (χ3n) is 8.86. The molecule has 1 fully saturated rings. The lowest BCUT2D eigenvalue weighted by molar-refractivity contribution is 0.0457. The lowest BCUT2D eigenvalue weighted by Crippen LogP contribution is -2.44. The number of amides is 1. The van der Waals surface area contributed by atoms with Gasteiger partial charge in [-0.15, -0.1) is 0 Å². The van der Waals surface area contributed by atoms with Crippen LogP contribution in [0.4, 0.5) is 5.69 Å². The van der Waals surface area contributed by atoms with E-state index in [0.717, 1.165) is 55.5 Å². The molecule has 8 nitrogen and oxygen atoms in total. The first kappa shape index (κ1) is 29.9. The van der Waals surface area contributed by atoms with Crippen molar-refractivity contribution in [2.75, 3.05) is 25.1 Å². The van der Waals surface area contributed by atoms with Gasteiger partial charge < -0.3 is 19.5 Å². The average molecular weight is 603 g/mol. The van der Waals surface area contributed by atoms with Gasteiger partial charge in [-0.3, -0.25) is 4.79 Å². The number of aliphatic hydroxyl groups excluding tert-OH is 1. The second-order valence-electron chi connectivity index (χ2n) is 11.4. The van der Waals surface area contributed by atoms with Crippen molar-refractivity contribution in [3.05, 3.63) is 70.3 Å². The van der Waals surface area contributed by atoms with Crippen molar-refractivity contribution in [3.8, 4) is 5.75 Å². The maximum atomic E-state index is 13.3. The van der Waals surface area contributed by atoms with E-state index in [2.05, 4.69) is 9.62 Å². The van der Waals surface area contributed by atoms with Crippen LogP contribution in [-0.2, 0) is 27.8 Å². The Morgan fingerprint density at radius 3 is 2.71 bits per heavy atom. The van der Waals surface area contributed by atoms with Gasteiger partial charge in [-0.2, -0.15) is 0 Å². The summed E-state index contributed by atoms with van der Waals surface area (Å²) in [5.41, 5.74) is 3.21. The molecule has 2 bridgehead atoms. The standard InChI is InChI=1S/C31H39ClN2O6S/c1-20-29(39-2)8-5-7-28(35)26-13-10-23(26)18-34-15-4-3-6-21-16-25(32)12-9-24(21)19-40-30-14-11-22(17-27(30)34)31(36)33-41(20,37)38/h5,7,9,11-12,14,16-17,20,23,26,28-29,35H,3-4,6,8,10,13,15,18-19H2,1-2H3,(H,33,36)/b7-5+/t20-,23+,26-,28+,29+/m1/s1. The number of rotatable bonds is 1. The van der Waals surface area contributed by atoms with Gasteiger partial charge >= 0.3 is 0 Å². The monoisotopic (exact) mass is 602 g/mol. The first-order valence-electron chi connectivity index (χ1n) is 14.4. The third-order valence-corrected chi connectivity index (χ3v) is 10.8. The number of nitrogens with one attached hydrogen (secondary N) is 1. The third kappa shape index (κ3) is 6.74. The number of hydrogen-bond acceptors (Lipinski definition) is 7. The number of benzene rings is 2. The van der Waals surface area contributed by atoms with E-state index in [0.29, 0.717) is 30.3 Å². The van der Waals surface area contributed by atoms with E-state index in [1.54, 1.807) is 30.4 Å². The summed E-state index contributed by atoms with van der Waals surface area (Å²) >= 11 is 6.29. The first-order valence-corrected chi connectivity index (χ1v) is 16.3. The van der Waals surface area contributed by atoms with Crippen LogP contribution in [0.2, 0.25) is 5.02 Å². The molecule has 41 heavy (non-hydrogen) atoms. The maximum Gasteiger partial charge on any atom is 0.264 e. The molecule has 1 saturated carbocycles. The highest BCUT2D eigenvalue weighted by Gasteiger charge is 2.37. The highest BCUT2D eigenvalue weighted by molar-refractivity contribution is 7.90. The van der Waals surface area contributed by atoms with Crippen LogP contribution in [-0.4, -0.2) is 57.1 Å². The molecule has 0 aromatic heterocycles. The SMILES string of the molecule is CO[C@H]1C/C=C/[C@H](O)[C@@H]2CC[C@H]2CN2CCCCc3cc(Cl)ccc3COc3ccc(cc32)C(=O)NS(=O)(=O)[C@@H]1C. The maximum absolute atomic E-state index is 13.3. The molecular weight excluding hydrogens is 564 g/mol. The summed E-state index contributed by atoms with van der Waals surface area (Å²) in [4.78, 5) is 15.5. The lowest BCUT2D eigenvalue weighted by atomic mass is 9.70. The second-order valence-corrected chi connectivity index (χ2v) is 13.9. The highest BCUT2D eigenvalue weighted by Crippen LogP contribution is 2.41. The number of anilines is 1. The van der Waals surface area contributed by atoms with E-state index < -0.39 is 33.4 Å². The molecule has 1 aliphatic carbocycles. The molecule has 0 saturated heterocycles. The Kier molecular flexibility index (Phi) is 9.28. The zero-order chi connectivity index (χ0) is 29.1. The molecule has 5 rings (SSSR count). The molecule has 0 radical (unpaired) electrons. The van der Waals surface area contributed by atoms with E-state index in [1.165, 1.54) is 14.0 Å². The summed E-state index contributed by atoms with van der Waals surface area (Å²) in [7, 11) is -2.60. The molecule has 2 aromatic rings. The van der Waals surface area contributed by atoms with E-state index in [-0.39, 0.29) is 17.4 Å². The summed E-state index contributed by atoms with van der Waals surface area (Å²) in [6.07, 6.45) is 7.21. The molecule has 0 unspecified atom stereocenters. The Hall–Kier alpha value is -2.59. The molecule has 2 heterocycles. The van der Waals surface area contributed by atoms with Gasteiger partial charge in [0.2, 0.25) is 10.0 Å². The number of methoxy groups -OCH3 is 1. The predicted molar refractivity (Wildman–Crippen MR) is 160 cm³/mol. The Morgan fingerprint density at radius 1 is 1.12 bits per heavy atom. The molecule has 222 valence electrons. The van der Waals surface area contributed by atoms with Crippen LogP contribution >= 0.6 is 11.6 Å². The molecule has 2 N–H and O–H groups in total. The number of halogens is 1. The molecule has 2 aliphatic heterocycles. The van der Waals surface area contributed by atoms with Crippen molar-refractivity contribution >= 4 is 33.2 Å². The fourth-order valence-corrected chi connectivity index (χ4v) is 7.47. The molecule has 5 atom stereocenters. The number of carbonyl (C=O) groups excluding carboxylic acids is 1. The Labute approximate surface area is 247 Å². The number of hydrogen-bond donors (Lipinski definition) is 2. The predicted octanol–water partition coefficient (Wildman–Crippen LogP) is 4.87. The fraction of sp³-hybridized carbons (Fsp3) is 0.516. The summed E-state index contributed by atoms with van der Waals surface area (Å²) in [5.74, 6) is 0.300. The van der Waals surface area contributed by atoms with Gasteiger partial charge in [0.05, 0.1) is 17.9 Å². The van der Waals surface area contributed by atoms with E-state index in [1.807, 2.05) is 18.2 Å². The molecule has 3 aliphatic rings. The van der Waals surface area contributed by atoms with Crippen LogP contribution < -0.4 is 14.4 Å². The number of carbonyl (C=O) groups is 1. The van der Waals surface area contributed by atoms with Crippen LogP contribution in [0.3, 0.4) is 0 Å². The number of sulfonamides is 1. The Morgan fingerprint density at radius 2 is 1.95 bits per heavy atom. The Bertz CT molecular complexity index is 1400. The van der Waals surface area contributed by atoms with Crippen molar-refractivity contribution in [2.45, 2.75) is 69.5 Å². The van der Waals surface area contributed by atoms with Crippen LogP contribution in [0.15, 0.2) is 48.6 Å². The van der Waals surface area contributed by atoms with Crippen LogP contribution in [0, 0.1) is 11.8 Å². The van der Waals surface area contributed by atoms with Crippen molar-refractivity contribution in [1.29, 1.82) is 0 Å². The van der Waals surface area contributed by atoms with Gasteiger partial charge in [0, 0.05) is 30.8 Å². The number of nitrogens with zero attached hydrogens (tertiary/aromatic N) is 1. The lowest BCUT2D eigenvalue weighted by Gasteiger charge is -2.42. The van der Waals surface area contributed by atoms with Crippen molar-refractivity contribution in [1.82, 2.24) is 4.72 Å². The quantitative estimate of drug-likeness (QED) is 0.449. The largest absolute Gasteiger partial charge is 0.487 e. The minimum atomic E-state index is -4.05. The van der Waals surface area contributed by atoms with E-state index in [4.69, 9.17) is 21.1 Å². The first-order chi connectivity index (χ1) is 19.7. The molecule has 10 heteroatoms. The van der Waals surface area contributed by atoms with Crippen molar-refractivity contribution in [2.24, 2.45) is 11.8 Å².